The topological polar surface area (TPSA) is 62.8 Å². The van der Waals surface area contributed by atoms with Gasteiger partial charge in [0.25, 0.3) is 0 Å². The van der Waals surface area contributed by atoms with E-state index in [9.17, 15) is 14.3 Å². The van der Waals surface area contributed by atoms with Gasteiger partial charge in [-0.05, 0) is 25.2 Å². The molecule has 2 N–H and O–H groups in total. The van der Waals surface area contributed by atoms with E-state index in [0.717, 1.165) is 38.4 Å². The normalized spacial score (nSPS) is 26.0. The third-order valence-corrected chi connectivity index (χ3v) is 5.58. The molecule has 6 nitrogen and oxygen atoms in total. The van der Waals surface area contributed by atoms with Gasteiger partial charge in [-0.25, -0.2) is 4.39 Å². The molecule has 26 heavy (non-hydrogen) atoms. The molecule has 0 unspecified atom stereocenters. The first-order valence-corrected chi connectivity index (χ1v) is 9.14. The number of aromatic amines is 1. The summed E-state index contributed by atoms with van der Waals surface area (Å²) >= 11 is 0. The fourth-order valence-corrected chi connectivity index (χ4v) is 4.09. The summed E-state index contributed by atoms with van der Waals surface area (Å²) in [6.07, 6.45) is -0.375. The Morgan fingerprint density at radius 3 is 2.73 bits per heavy atom. The molecule has 2 aliphatic rings. The molecule has 0 aliphatic carbocycles. The SMILES string of the molecule is CN1CCN([C@H]2CN(Cc3cc(=O)c4cc(F)ccc4[nH]3)C[C@@H]2O)CC1. The van der Waals surface area contributed by atoms with Gasteiger partial charge in [0.1, 0.15) is 5.82 Å². The monoisotopic (exact) mass is 360 g/mol. The lowest BCUT2D eigenvalue weighted by Crippen LogP contribution is -2.52. The summed E-state index contributed by atoms with van der Waals surface area (Å²) in [5, 5.41) is 10.9. The number of aliphatic hydroxyl groups is 1. The third-order valence-electron chi connectivity index (χ3n) is 5.58. The molecular formula is C19H25FN4O2. The number of halogens is 1. The minimum atomic E-state index is -0.409. The lowest BCUT2D eigenvalue weighted by Gasteiger charge is -2.37. The molecule has 3 heterocycles. The van der Waals surface area contributed by atoms with Crippen molar-refractivity contribution in [2.45, 2.75) is 18.7 Å². The number of aromatic nitrogens is 1. The highest BCUT2D eigenvalue weighted by Crippen LogP contribution is 2.20. The molecule has 1 aromatic heterocycles. The van der Waals surface area contributed by atoms with Crippen molar-refractivity contribution < 1.29 is 9.50 Å². The Kier molecular flexibility index (Phi) is 4.79. The van der Waals surface area contributed by atoms with Crippen molar-refractivity contribution in [3.05, 3.63) is 46.0 Å². The Labute approximate surface area is 151 Å². The first kappa shape index (κ1) is 17.6. The number of fused-ring (bicyclic) bond motifs is 1. The van der Waals surface area contributed by atoms with E-state index in [4.69, 9.17) is 0 Å². The summed E-state index contributed by atoms with van der Waals surface area (Å²) in [7, 11) is 2.12. The molecule has 0 radical (unpaired) electrons. The van der Waals surface area contributed by atoms with Gasteiger partial charge >= 0.3 is 0 Å². The van der Waals surface area contributed by atoms with Gasteiger partial charge in [0.2, 0.25) is 0 Å². The molecule has 2 aliphatic heterocycles. The maximum Gasteiger partial charge on any atom is 0.189 e. The Morgan fingerprint density at radius 2 is 1.96 bits per heavy atom. The van der Waals surface area contributed by atoms with Crippen LogP contribution in [-0.4, -0.2) is 83.3 Å². The van der Waals surface area contributed by atoms with Crippen molar-refractivity contribution in [1.82, 2.24) is 19.7 Å². The molecule has 2 saturated heterocycles. The van der Waals surface area contributed by atoms with Crippen molar-refractivity contribution >= 4 is 10.9 Å². The van der Waals surface area contributed by atoms with E-state index in [1.165, 1.54) is 18.2 Å². The predicted molar refractivity (Wildman–Crippen MR) is 98.7 cm³/mol. The maximum absolute atomic E-state index is 13.3. The lowest BCUT2D eigenvalue weighted by molar-refractivity contribution is 0.0512. The number of benzene rings is 1. The van der Waals surface area contributed by atoms with E-state index in [1.54, 1.807) is 6.07 Å². The van der Waals surface area contributed by atoms with Gasteiger partial charge in [0.05, 0.1) is 6.10 Å². The van der Waals surface area contributed by atoms with Crippen LogP contribution in [0, 0.1) is 5.82 Å². The van der Waals surface area contributed by atoms with Crippen molar-refractivity contribution in [3.8, 4) is 0 Å². The Hall–Kier alpha value is -1.80. The van der Waals surface area contributed by atoms with Crippen LogP contribution in [0.15, 0.2) is 29.1 Å². The summed E-state index contributed by atoms with van der Waals surface area (Å²) in [6.45, 7) is 5.96. The zero-order valence-electron chi connectivity index (χ0n) is 15.0. The van der Waals surface area contributed by atoms with Crippen LogP contribution < -0.4 is 5.43 Å². The van der Waals surface area contributed by atoms with Crippen molar-refractivity contribution in [1.29, 1.82) is 0 Å². The van der Waals surface area contributed by atoms with Gasteiger partial charge in [-0.2, -0.15) is 0 Å². The van der Waals surface area contributed by atoms with Gasteiger partial charge in [-0.15, -0.1) is 0 Å². The fraction of sp³-hybridized carbons (Fsp3) is 0.526. The number of nitrogens with zero attached hydrogens (tertiary/aromatic N) is 3. The van der Waals surface area contributed by atoms with E-state index in [-0.39, 0.29) is 17.6 Å². The molecule has 0 spiro atoms. The van der Waals surface area contributed by atoms with Gasteiger partial charge < -0.3 is 15.0 Å². The smallest absolute Gasteiger partial charge is 0.189 e. The summed E-state index contributed by atoms with van der Waals surface area (Å²) in [5.41, 5.74) is 1.26. The minimum absolute atomic E-state index is 0.143. The van der Waals surface area contributed by atoms with Crippen LogP contribution in [0.5, 0.6) is 0 Å². The first-order valence-electron chi connectivity index (χ1n) is 9.14. The van der Waals surface area contributed by atoms with Crippen LogP contribution in [0.3, 0.4) is 0 Å². The average molecular weight is 360 g/mol. The van der Waals surface area contributed by atoms with E-state index in [0.29, 0.717) is 24.0 Å². The van der Waals surface area contributed by atoms with Crippen molar-refractivity contribution in [3.63, 3.8) is 0 Å². The molecule has 0 amide bonds. The molecule has 140 valence electrons. The second-order valence-corrected chi connectivity index (χ2v) is 7.52. The molecule has 0 bridgehead atoms. The summed E-state index contributed by atoms with van der Waals surface area (Å²) in [5.74, 6) is -0.409. The third kappa shape index (κ3) is 3.53. The lowest BCUT2D eigenvalue weighted by atomic mass is 10.1. The van der Waals surface area contributed by atoms with Gasteiger partial charge in [0.15, 0.2) is 5.43 Å². The number of hydrogen-bond donors (Lipinski definition) is 2. The first-order chi connectivity index (χ1) is 12.5. The van der Waals surface area contributed by atoms with Crippen LogP contribution >= 0.6 is 0 Å². The highest BCUT2D eigenvalue weighted by atomic mass is 19.1. The van der Waals surface area contributed by atoms with Crippen molar-refractivity contribution in [2.75, 3.05) is 46.3 Å². The number of likely N-dealkylation sites (N-methyl/N-ethyl adjacent to an activating group) is 1. The number of β-amino-alcohol motifs (C(OH)–C–C–N with tert-alkyl or cyclic N) is 1. The summed E-state index contributed by atoms with van der Waals surface area (Å²) < 4.78 is 13.3. The number of H-pyrrole nitrogens is 1. The number of likely N-dealkylation sites (tertiary alicyclic amines) is 1. The molecule has 1 aromatic carbocycles. The molecule has 2 fully saturated rings. The zero-order valence-corrected chi connectivity index (χ0v) is 15.0. The van der Waals surface area contributed by atoms with Crippen LogP contribution in [0.4, 0.5) is 4.39 Å². The number of pyridine rings is 1. The Balaban J connectivity index is 1.47. The second-order valence-electron chi connectivity index (χ2n) is 7.52. The fourth-order valence-electron chi connectivity index (χ4n) is 4.09. The average Bonchev–Trinajstić information content (AvgIpc) is 2.96. The van der Waals surface area contributed by atoms with E-state index in [1.807, 2.05) is 0 Å². The number of piperazine rings is 1. The molecule has 2 aromatic rings. The predicted octanol–water partition coefficient (Wildman–Crippen LogP) is 0.460. The number of aliphatic hydroxyl groups excluding tert-OH is 1. The summed E-state index contributed by atoms with van der Waals surface area (Å²) in [4.78, 5) is 22.3. The number of hydrogen-bond acceptors (Lipinski definition) is 5. The largest absolute Gasteiger partial charge is 0.390 e. The molecule has 7 heteroatoms. The second kappa shape index (κ2) is 7.08. The van der Waals surface area contributed by atoms with Crippen LogP contribution in [-0.2, 0) is 6.54 Å². The van der Waals surface area contributed by atoms with Crippen LogP contribution in [0.1, 0.15) is 5.69 Å². The van der Waals surface area contributed by atoms with E-state index < -0.39 is 5.82 Å². The van der Waals surface area contributed by atoms with Crippen LogP contribution in [0.2, 0.25) is 0 Å². The highest BCUT2D eigenvalue weighted by molar-refractivity contribution is 5.78. The van der Waals surface area contributed by atoms with Gasteiger partial charge in [-0.1, -0.05) is 0 Å². The Bertz CT molecular complexity index is 847. The number of rotatable bonds is 3. The molecule has 0 saturated carbocycles. The zero-order chi connectivity index (χ0) is 18.3. The van der Waals surface area contributed by atoms with Gasteiger partial charge in [0, 0.05) is 74.5 Å². The van der Waals surface area contributed by atoms with Crippen molar-refractivity contribution in [2.24, 2.45) is 0 Å². The number of nitrogens with one attached hydrogen (secondary N) is 1. The molecule has 4 rings (SSSR count). The quantitative estimate of drug-likeness (QED) is 0.833. The minimum Gasteiger partial charge on any atom is -0.390 e. The summed E-state index contributed by atoms with van der Waals surface area (Å²) in [6, 6.07) is 5.90. The highest BCUT2D eigenvalue weighted by Gasteiger charge is 2.36. The molecular weight excluding hydrogens is 335 g/mol. The Morgan fingerprint density at radius 1 is 1.19 bits per heavy atom. The van der Waals surface area contributed by atoms with Crippen LogP contribution in [0.25, 0.3) is 10.9 Å². The maximum atomic E-state index is 13.3. The van der Waals surface area contributed by atoms with E-state index in [2.05, 4.69) is 26.7 Å². The van der Waals surface area contributed by atoms with Gasteiger partial charge in [-0.3, -0.25) is 14.6 Å². The van der Waals surface area contributed by atoms with E-state index >= 15 is 0 Å². The molecule has 2 atom stereocenters. The standard InChI is InChI=1S/C19H25FN4O2/c1-22-4-6-24(7-5-22)17-11-23(12-19(17)26)10-14-9-18(25)15-8-13(20)2-3-16(15)21-14/h2-3,8-9,17,19,26H,4-7,10-12H2,1H3,(H,21,25)/t17-,19-/m0/s1.